The highest BCUT2D eigenvalue weighted by Gasteiger charge is 2.35. The topological polar surface area (TPSA) is 111 Å². The largest absolute Gasteiger partial charge is 0.376 e. The Labute approximate surface area is 143 Å². The van der Waals surface area contributed by atoms with Crippen LogP contribution in [0.5, 0.6) is 0 Å². The average molecular weight is 353 g/mol. The van der Waals surface area contributed by atoms with Gasteiger partial charge < -0.3 is 15.4 Å². The predicted molar refractivity (Wildman–Crippen MR) is 91.2 cm³/mol. The molecule has 2 amide bonds. The van der Waals surface area contributed by atoms with Crippen LogP contribution in [-0.4, -0.2) is 47.5 Å². The van der Waals surface area contributed by atoms with Crippen LogP contribution in [0.4, 0.5) is 11.4 Å². The Bertz CT molecular complexity index is 659. The van der Waals surface area contributed by atoms with Gasteiger partial charge in [-0.1, -0.05) is 0 Å². The number of nitro benzene ring substituents is 1. The zero-order valence-electron chi connectivity index (χ0n) is 13.5. The second-order valence-electron chi connectivity index (χ2n) is 5.58. The molecule has 0 radical (unpaired) electrons. The van der Waals surface area contributed by atoms with E-state index in [1.165, 1.54) is 18.2 Å². The Kier molecular flexibility index (Phi) is 5.79. The Balaban J connectivity index is 1.94. The summed E-state index contributed by atoms with van der Waals surface area (Å²) in [7, 11) is 1.60. The van der Waals surface area contributed by atoms with Crippen LogP contribution < -0.4 is 10.6 Å². The van der Waals surface area contributed by atoms with Gasteiger partial charge in [0.15, 0.2) is 0 Å². The number of carbonyl (C=O) groups excluding carboxylic acids is 2. The van der Waals surface area contributed by atoms with Crippen molar-refractivity contribution in [3.8, 4) is 0 Å². The van der Waals surface area contributed by atoms with Crippen molar-refractivity contribution < 1.29 is 19.2 Å². The van der Waals surface area contributed by atoms with Crippen LogP contribution in [-0.2, 0) is 14.3 Å². The summed E-state index contributed by atoms with van der Waals surface area (Å²) >= 11 is 1.74. The molecule has 8 nitrogen and oxygen atoms in total. The third-order valence-electron chi connectivity index (χ3n) is 3.95. The van der Waals surface area contributed by atoms with Crippen LogP contribution in [0.25, 0.3) is 0 Å². The summed E-state index contributed by atoms with van der Waals surface area (Å²) in [6.07, 6.45) is 0.817. The van der Waals surface area contributed by atoms with Crippen molar-refractivity contribution in [2.75, 3.05) is 30.5 Å². The van der Waals surface area contributed by atoms with E-state index in [4.69, 9.17) is 4.74 Å². The van der Waals surface area contributed by atoms with Crippen LogP contribution in [0.1, 0.15) is 12.0 Å². The Hall–Kier alpha value is -2.13. The van der Waals surface area contributed by atoms with Gasteiger partial charge >= 0.3 is 11.8 Å². The lowest BCUT2D eigenvalue weighted by atomic mass is 10.0. The normalized spacial score (nSPS) is 19.8. The number of hydrogen-bond acceptors (Lipinski definition) is 6. The highest BCUT2D eigenvalue weighted by molar-refractivity contribution is 7.99. The first kappa shape index (κ1) is 18.2. The fourth-order valence-corrected chi connectivity index (χ4v) is 3.76. The SMILES string of the molecule is COC1(CNC(=O)C(=O)Nc2ccc([N+](=O)[O-])cc2C)CCSC1. The molecule has 0 spiro atoms. The van der Waals surface area contributed by atoms with E-state index in [2.05, 4.69) is 10.6 Å². The minimum Gasteiger partial charge on any atom is -0.376 e. The van der Waals surface area contributed by atoms with Gasteiger partial charge in [-0.2, -0.15) is 11.8 Å². The molecule has 2 N–H and O–H groups in total. The molecule has 0 aromatic heterocycles. The Morgan fingerprint density at radius 1 is 1.42 bits per heavy atom. The van der Waals surface area contributed by atoms with Gasteiger partial charge in [0, 0.05) is 37.2 Å². The van der Waals surface area contributed by atoms with E-state index in [0.717, 1.165) is 17.9 Å². The van der Waals surface area contributed by atoms with Crippen molar-refractivity contribution in [3.63, 3.8) is 0 Å². The van der Waals surface area contributed by atoms with Crippen molar-refractivity contribution in [2.45, 2.75) is 18.9 Å². The fraction of sp³-hybridized carbons (Fsp3) is 0.467. The van der Waals surface area contributed by atoms with E-state index in [1.54, 1.807) is 25.8 Å². The first-order valence-corrected chi connectivity index (χ1v) is 8.49. The summed E-state index contributed by atoms with van der Waals surface area (Å²) in [5, 5.41) is 15.8. The number of nitrogens with zero attached hydrogens (tertiary/aromatic N) is 1. The zero-order chi connectivity index (χ0) is 17.7. The van der Waals surface area contributed by atoms with E-state index in [9.17, 15) is 19.7 Å². The smallest absolute Gasteiger partial charge is 0.313 e. The summed E-state index contributed by atoms with van der Waals surface area (Å²) < 4.78 is 5.47. The first-order valence-electron chi connectivity index (χ1n) is 7.34. The molecule has 130 valence electrons. The molecule has 1 aliphatic rings. The fourth-order valence-electron chi connectivity index (χ4n) is 2.36. The van der Waals surface area contributed by atoms with Crippen LogP contribution in [0.3, 0.4) is 0 Å². The van der Waals surface area contributed by atoms with Gasteiger partial charge in [0.1, 0.15) is 0 Å². The van der Waals surface area contributed by atoms with Crippen molar-refractivity contribution in [1.82, 2.24) is 5.32 Å². The van der Waals surface area contributed by atoms with Gasteiger partial charge in [0.05, 0.1) is 10.5 Å². The predicted octanol–water partition coefficient (Wildman–Crippen LogP) is 1.48. The summed E-state index contributed by atoms with van der Waals surface area (Å²) in [5.74, 6) is 0.148. The summed E-state index contributed by atoms with van der Waals surface area (Å²) in [6.45, 7) is 1.89. The monoisotopic (exact) mass is 353 g/mol. The van der Waals surface area contributed by atoms with E-state index in [0.29, 0.717) is 11.3 Å². The number of rotatable bonds is 5. The van der Waals surface area contributed by atoms with E-state index < -0.39 is 22.3 Å². The van der Waals surface area contributed by atoms with Crippen LogP contribution in [0, 0.1) is 17.0 Å². The molecular weight excluding hydrogens is 334 g/mol. The van der Waals surface area contributed by atoms with Crippen molar-refractivity contribution in [2.24, 2.45) is 0 Å². The lowest BCUT2D eigenvalue weighted by molar-refractivity contribution is -0.384. The molecule has 1 aromatic carbocycles. The number of nitrogens with one attached hydrogen (secondary N) is 2. The highest BCUT2D eigenvalue weighted by atomic mass is 32.2. The van der Waals surface area contributed by atoms with Crippen LogP contribution >= 0.6 is 11.8 Å². The molecule has 1 saturated heterocycles. The molecule has 0 aliphatic carbocycles. The third-order valence-corrected chi connectivity index (χ3v) is 5.17. The molecule has 24 heavy (non-hydrogen) atoms. The molecule has 1 heterocycles. The minimum atomic E-state index is -0.816. The Morgan fingerprint density at radius 3 is 2.71 bits per heavy atom. The number of anilines is 1. The van der Waals surface area contributed by atoms with Gasteiger partial charge in [-0.25, -0.2) is 0 Å². The van der Waals surface area contributed by atoms with E-state index in [-0.39, 0.29) is 12.2 Å². The average Bonchev–Trinajstić information content (AvgIpc) is 3.03. The summed E-state index contributed by atoms with van der Waals surface area (Å²) in [6, 6.07) is 4.02. The number of thioether (sulfide) groups is 1. The second kappa shape index (κ2) is 7.63. The number of benzene rings is 1. The second-order valence-corrected chi connectivity index (χ2v) is 6.69. The minimum absolute atomic E-state index is 0.0734. The van der Waals surface area contributed by atoms with E-state index >= 15 is 0 Å². The first-order chi connectivity index (χ1) is 11.4. The molecule has 1 atom stereocenters. The van der Waals surface area contributed by atoms with Gasteiger partial charge in [-0.15, -0.1) is 0 Å². The number of ether oxygens (including phenoxy) is 1. The molecule has 1 aromatic rings. The van der Waals surface area contributed by atoms with Gasteiger partial charge in [0.25, 0.3) is 5.69 Å². The molecule has 9 heteroatoms. The maximum absolute atomic E-state index is 12.0. The van der Waals surface area contributed by atoms with E-state index in [1.807, 2.05) is 0 Å². The van der Waals surface area contributed by atoms with Crippen LogP contribution in [0.15, 0.2) is 18.2 Å². The standard InChI is InChI=1S/C15H19N3O5S/c1-10-7-11(18(21)22)3-4-12(10)17-14(20)13(19)16-8-15(23-2)5-6-24-9-15/h3-4,7H,5-6,8-9H2,1-2H3,(H,16,19)(H,17,20). The molecule has 0 bridgehead atoms. The zero-order valence-corrected chi connectivity index (χ0v) is 14.3. The highest BCUT2D eigenvalue weighted by Crippen LogP contribution is 2.30. The molecule has 1 aliphatic heterocycles. The molecule has 2 rings (SSSR count). The van der Waals surface area contributed by atoms with Gasteiger partial charge in [0.2, 0.25) is 0 Å². The maximum atomic E-state index is 12.0. The number of carbonyl (C=O) groups is 2. The molecule has 1 fully saturated rings. The third kappa shape index (κ3) is 4.24. The Morgan fingerprint density at radius 2 is 2.17 bits per heavy atom. The maximum Gasteiger partial charge on any atom is 0.313 e. The van der Waals surface area contributed by atoms with Gasteiger partial charge in [-0.3, -0.25) is 19.7 Å². The van der Waals surface area contributed by atoms with Crippen molar-refractivity contribution in [3.05, 3.63) is 33.9 Å². The number of hydrogen-bond donors (Lipinski definition) is 2. The molecule has 1 unspecified atom stereocenters. The number of methoxy groups -OCH3 is 1. The quantitative estimate of drug-likeness (QED) is 0.471. The lowest BCUT2D eigenvalue weighted by Gasteiger charge is -2.26. The number of aryl methyl sites for hydroxylation is 1. The molecular formula is C15H19N3O5S. The van der Waals surface area contributed by atoms with Crippen molar-refractivity contribution in [1.29, 1.82) is 0 Å². The summed E-state index contributed by atoms with van der Waals surface area (Å²) in [4.78, 5) is 34.1. The number of non-ortho nitro benzene ring substituents is 1. The number of nitro groups is 1. The molecule has 0 saturated carbocycles. The van der Waals surface area contributed by atoms with Gasteiger partial charge in [-0.05, 0) is 30.7 Å². The number of amides is 2. The summed E-state index contributed by atoms with van der Waals surface area (Å²) in [5.41, 5.74) is 0.365. The lowest BCUT2D eigenvalue weighted by Crippen LogP contribution is -2.47. The van der Waals surface area contributed by atoms with Crippen LogP contribution in [0.2, 0.25) is 0 Å². The van der Waals surface area contributed by atoms with Crippen molar-refractivity contribution >= 4 is 35.0 Å².